The molecule has 2 rings (SSSR count). The van der Waals surface area contributed by atoms with E-state index in [0.717, 1.165) is 44.9 Å². The number of aliphatic hydroxyl groups is 7. The second-order valence-corrected chi connectivity index (χ2v) is 19.8. The number of carbonyl (C=O) groups is 1. The first-order valence-corrected chi connectivity index (χ1v) is 27.6. The van der Waals surface area contributed by atoms with Crippen molar-refractivity contribution in [2.24, 2.45) is 0 Å². The van der Waals surface area contributed by atoms with Gasteiger partial charge in [0.25, 0.3) is 0 Å². The van der Waals surface area contributed by atoms with Crippen molar-refractivity contribution in [3.05, 3.63) is 0 Å². The summed E-state index contributed by atoms with van der Waals surface area (Å²) < 4.78 is 34.3. The van der Waals surface area contributed by atoms with Crippen molar-refractivity contribution in [1.82, 2.24) is 0 Å². The molecule has 11 atom stereocenters. The Labute approximate surface area is 406 Å². The van der Waals surface area contributed by atoms with Gasteiger partial charge in [-0.2, -0.15) is 0 Å². The smallest absolute Gasteiger partial charge is 0.306 e. The van der Waals surface area contributed by atoms with Crippen molar-refractivity contribution < 1.29 is 69.0 Å². The molecule has 398 valence electrons. The van der Waals surface area contributed by atoms with E-state index in [1.54, 1.807) is 0 Å². The summed E-state index contributed by atoms with van der Waals surface area (Å²) in [5, 5.41) is 72.2. The highest BCUT2D eigenvalue weighted by molar-refractivity contribution is 5.69. The van der Waals surface area contributed by atoms with Crippen LogP contribution in [0.5, 0.6) is 0 Å². The molecule has 2 aliphatic rings. The Balaban J connectivity index is 1.71. The average molecular weight is 963 g/mol. The van der Waals surface area contributed by atoms with Gasteiger partial charge in [-0.15, -0.1) is 0 Å². The second-order valence-electron chi connectivity index (χ2n) is 19.8. The normalized spacial score (nSPS) is 26.0. The molecule has 2 aliphatic heterocycles. The first kappa shape index (κ1) is 62.1. The number of unbranched alkanes of at least 4 members (excludes halogenated alkanes) is 31. The molecule has 14 nitrogen and oxygen atoms in total. The van der Waals surface area contributed by atoms with Crippen LogP contribution >= 0.6 is 0 Å². The molecule has 0 radical (unpaired) electrons. The average Bonchev–Trinajstić information content (AvgIpc) is 3.32. The Bertz CT molecular complexity index is 1120. The van der Waals surface area contributed by atoms with E-state index in [1.165, 1.54) is 167 Å². The van der Waals surface area contributed by atoms with E-state index < -0.39 is 80.7 Å². The van der Waals surface area contributed by atoms with Gasteiger partial charge in [-0.3, -0.25) is 4.79 Å². The molecule has 0 aromatic carbocycles. The predicted octanol–water partition coefficient (Wildman–Crippen LogP) is 8.86. The van der Waals surface area contributed by atoms with Crippen LogP contribution in [0.2, 0.25) is 0 Å². The minimum absolute atomic E-state index is 0.0705. The fraction of sp³-hybridized carbons (Fsp3) is 0.981. The van der Waals surface area contributed by atoms with Crippen molar-refractivity contribution in [3.8, 4) is 0 Å². The minimum Gasteiger partial charge on any atom is -0.457 e. The fourth-order valence-electron chi connectivity index (χ4n) is 9.11. The van der Waals surface area contributed by atoms with E-state index in [9.17, 15) is 40.5 Å². The monoisotopic (exact) mass is 963 g/mol. The molecule has 2 saturated heterocycles. The zero-order valence-electron chi connectivity index (χ0n) is 42.4. The summed E-state index contributed by atoms with van der Waals surface area (Å²) in [5.41, 5.74) is 0. The third-order valence-corrected chi connectivity index (χ3v) is 13.6. The van der Waals surface area contributed by atoms with E-state index >= 15 is 0 Å². The molecule has 0 amide bonds. The lowest BCUT2D eigenvalue weighted by Gasteiger charge is -2.42. The van der Waals surface area contributed by atoms with Crippen LogP contribution in [0, 0.1) is 0 Å². The Hall–Kier alpha value is -1.01. The van der Waals surface area contributed by atoms with E-state index in [-0.39, 0.29) is 25.6 Å². The van der Waals surface area contributed by atoms with Gasteiger partial charge in [-0.05, 0) is 12.8 Å². The van der Waals surface area contributed by atoms with Crippen LogP contribution < -0.4 is 0 Å². The van der Waals surface area contributed by atoms with E-state index in [4.69, 9.17) is 28.4 Å². The van der Waals surface area contributed by atoms with Crippen molar-refractivity contribution in [1.29, 1.82) is 0 Å². The SMILES string of the molecule is CCCCCCCCCCCCCCCCCCCCCCOCC(COC1OC(COC2OC(CO)C(O)C(O)C2O)C(O)C(O)C1O)OC(=O)CCCCCCCCCCCCCCC. The van der Waals surface area contributed by atoms with Crippen LogP contribution in [0.3, 0.4) is 0 Å². The quantitative estimate of drug-likeness (QED) is 0.0224. The predicted molar refractivity (Wildman–Crippen MR) is 261 cm³/mol. The zero-order valence-corrected chi connectivity index (χ0v) is 42.4. The summed E-state index contributed by atoms with van der Waals surface area (Å²) in [4.78, 5) is 13.0. The van der Waals surface area contributed by atoms with Gasteiger partial charge in [0, 0.05) is 13.0 Å². The van der Waals surface area contributed by atoms with Crippen LogP contribution in [0.4, 0.5) is 0 Å². The summed E-state index contributed by atoms with van der Waals surface area (Å²) in [6.45, 7) is 3.74. The van der Waals surface area contributed by atoms with Gasteiger partial charge in [0.15, 0.2) is 12.6 Å². The van der Waals surface area contributed by atoms with Gasteiger partial charge in [0.2, 0.25) is 0 Å². The van der Waals surface area contributed by atoms with Gasteiger partial charge in [-0.25, -0.2) is 0 Å². The fourth-order valence-corrected chi connectivity index (χ4v) is 9.11. The van der Waals surface area contributed by atoms with Gasteiger partial charge in [0.1, 0.15) is 54.9 Å². The molecule has 0 spiro atoms. The highest BCUT2D eigenvalue weighted by atomic mass is 16.7. The van der Waals surface area contributed by atoms with Crippen molar-refractivity contribution in [2.45, 2.75) is 300 Å². The van der Waals surface area contributed by atoms with Crippen LogP contribution in [-0.2, 0) is 33.2 Å². The number of carbonyl (C=O) groups excluding carboxylic acids is 1. The van der Waals surface area contributed by atoms with E-state index in [0.29, 0.717) is 6.61 Å². The molecule has 0 aromatic heterocycles. The zero-order chi connectivity index (χ0) is 48.7. The minimum atomic E-state index is -1.70. The molecule has 0 aliphatic carbocycles. The molecule has 2 heterocycles. The van der Waals surface area contributed by atoms with Crippen molar-refractivity contribution in [2.75, 3.05) is 33.0 Å². The van der Waals surface area contributed by atoms with Gasteiger partial charge in [0.05, 0.1) is 26.4 Å². The number of hydrogen-bond donors (Lipinski definition) is 7. The molecule has 2 fully saturated rings. The maximum atomic E-state index is 13.0. The Morgan fingerprint density at radius 1 is 0.433 bits per heavy atom. The molecule has 0 bridgehead atoms. The Kier molecular flexibility index (Phi) is 38.6. The molecule has 11 unspecified atom stereocenters. The van der Waals surface area contributed by atoms with Gasteiger partial charge < -0.3 is 64.2 Å². The van der Waals surface area contributed by atoms with Gasteiger partial charge >= 0.3 is 5.97 Å². The number of aliphatic hydroxyl groups excluding tert-OH is 7. The van der Waals surface area contributed by atoms with Crippen LogP contribution in [0.25, 0.3) is 0 Å². The number of esters is 1. The summed E-state index contributed by atoms with van der Waals surface area (Å²) >= 11 is 0. The lowest BCUT2D eigenvalue weighted by molar-refractivity contribution is -0.332. The van der Waals surface area contributed by atoms with Crippen LogP contribution in [-0.4, -0.2) is 142 Å². The first-order chi connectivity index (χ1) is 32.6. The standard InChI is InChI=1S/C53H102O14/c1-3-5-7-9-11-13-15-17-18-19-20-21-22-23-25-27-29-31-33-35-37-62-39-42(65-45(55)36-34-32-30-28-26-24-16-14-12-10-8-6-4-2)40-63-52-51(61)49(59)47(57)44(67-52)41-64-53-50(60)48(58)46(56)43(38-54)66-53/h42-44,46-54,56-61H,3-41H2,1-2H3. The largest absolute Gasteiger partial charge is 0.457 e. The Morgan fingerprint density at radius 3 is 1.21 bits per heavy atom. The lowest BCUT2D eigenvalue weighted by Crippen LogP contribution is -2.61. The highest BCUT2D eigenvalue weighted by Crippen LogP contribution is 2.27. The topological polar surface area (TPSA) is 214 Å². The third-order valence-electron chi connectivity index (χ3n) is 13.6. The van der Waals surface area contributed by atoms with E-state index in [1.807, 2.05) is 0 Å². The summed E-state index contributed by atoms with van der Waals surface area (Å²) in [6, 6.07) is 0. The summed E-state index contributed by atoms with van der Waals surface area (Å²) in [6.07, 6.45) is 25.9. The first-order valence-electron chi connectivity index (χ1n) is 27.6. The van der Waals surface area contributed by atoms with E-state index in [2.05, 4.69) is 13.8 Å². The second kappa shape index (κ2) is 41.6. The maximum Gasteiger partial charge on any atom is 0.306 e. The molecule has 7 N–H and O–H groups in total. The highest BCUT2D eigenvalue weighted by Gasteiger charge is 2.47. The van der Waals surface area contributed by atoms with Gasteiger partial charge in [-0.1, -0.05) is 213 Å². The summed E-state index contributed by atoms with van der Waals surface area (Å²) in [5.74, 6) is -0.370. The number of ether oxygens (including phenoxy) is 6. The maximum absolute atomic E-state index is 13.0. The molecular weight excluding hydrogens is 861 g/mol. The number of hydrogen-bond acceptors (Lipinski definition) is 14. The lowest BCUT2D eigenvalue weighted by atomic mass is 9.98. The molecule has 0 aromatic rings. The van der Waals surface area contributed by atoms with Crippen LogP contribution in [0.15, 0.2) is 0 Å². The summed E-state index contributed by atoms with van der Waals surface area (Å²) in [7, 11) is 0. The Morgan fingerprint density at radius 2 is 0.791 bits per heavy atom. The van der Waals surface area contributed by atoms with Crippen molar-refractivity contribution in [3.63, 3.8) is 0 Å². The molecular formula is C53H102O14. The van der Waals surface area contributed by atoms with Crippen LogP contribution in [0.1, 0.15) is 232 Å². The third kappa shape index (κ3) is 29.2. The molecule has 14 heteroatoms. The molecule has 0 saturated carbocycles. The number of rotatable bonds is 45. The molecule has 67 heavy (non-hydrogen) atoms. The van der Waals surface area contributed by atoms with Crippen molar-refractivity contribution >= 4 is 5.97 Å².